The molecule has 0 spiro atoms. The second-order valence-corrected chi connectivity index (χ2v) is 6.89. The third-order valence-corrected chi connectivity index (χ3v) is 5.02. The van der Waals surface area contributed by atoms with E-state index in [0.717, 1.165) is 22.8 Å². The Morgan fingerprint density at radius 2 is 1.80 bits per heavy atom. The molecular weight excluding hydrogens is 385 g/mol. The van der Waals surface area contributed by atoms with Gasteiger partial charge in [-0.25, -0.2) is 9.18 Å². The summed E-state index contributed by atoms with van der Waals surface area (Å²) in [5.41, 5.74) is 1.88. The lowest BCUT2D eigenvalue weighted by molar-refractivity contribution is 0.208. The number of anilines is 2. The fourth-order valence-electron chi connectivity index (χ4n) is 3.33. The van der Waals surface area contributed by atoms with Crippen LogP contribution in [0.25, 0.3) is 11.3 Å². The lowest BCUT2D eigenvalue weighted by atomic mass is 10.1. The molecule has 1 fully saturated rings. The summed E-state index contributed by atoms with van der Waals surface area (Å²) in [6, 6.07) is 17.3. The summed E-state index contributed by atoms with van der Waals surface area (Å²) >= 11 is 0. The quantitative estimate of drug-likeness (QED) is 0.715. The number of para-hydroxylation sites is 1. The molecule has 1 aliphatic rings. The Morgan fingerprint density at radius 3 is 2.50 bits per heavy atom. The van der Waals surface area contributed by atoms with Crippen molar-refractivity contribution < 1.29 is 13.9 Å². The van der Waals surface area contributed by atoms with E-state index in [9.17, 15) is 9.18 Å². The van der Waals surface area contributed by atoms with Gasteiger partial charge in [-0.15, -0.1) is 10.2 Å². The molecule has 2 amide bonds. The van der Waals surface area contributed by atoms with Crippen LogP contribution in [0.4, 0.5) is 20.7 Å². The molecule has 8 heteroatoms. The van der Waals surface area contributed by atoms with E-state index in [2.05, 4.69) is 20.4 Å². The van der Waals surface area contributed by atoms with Gasteiger partial charge in [-0.1, -0.05) is 24.3 Å². The van der Waals surface area contributed by atoms with E-state index in [0.29, 0.717) is 26.2 Å². The van der Waals surface area contributed by atoms with Crippen molar-refractivity contribution in [1.82, 2.24) is 15.1 Å². The number of piperazine rings is 1. The maximum atomic E-state index is 13.7. The van der Waals surface area contributed by atoms with Crippen molar-refractivity contribution in [3.63, 3.8) is 0 Å². The number of methoxy groups -OCH3 is 1. The number of halogens is 1. The molecule has 0 unspecified atom stereocenters. The zero-order valence-electron chi connectivity index (χ0n) is 16.6. The summed E-state index contributed by atoms with van der Waals surface area (Å²) < 4.78 is 19.0. The van der Waals surface area contributed by atoms with Crippen molar-refractivity contribution in [3.8, 4) is 17.0 Å². The standard InChI is InChI=1S/C22H22FN5O2/c1-30-17-6-4-5-16(15-17)19-9-10-21(26-25-19)27-11-13-28(14-12-27)22(29)24-20-8-3-2-7-18(20)23/h2-10,15H,11-14H2,1H3,(H,24,29). The summed E-state index contributed by atoms with van der Waals surface area (Å²) in [7, 11) is 1.63. The normalized spacial score (nSPS) is 13.8. The van der Waals surface area contributed by atoms with Crippen LogP contribution in [0, 0.1) is 5.82 Å². The number of hydrogen-bond acceptors (Lipinski definition) is 5. The average Bonchev–Trinajstić information content (AvgIpc) is 2.81. The van der Waals surface area contributed by atoms with Gasteiger partial charge in [0.05, 0.1) is 18.5 Å². The predicted octanol–water partition coefficient (Wildman–Crippen LogP) is 3.65. The second-order valence-electron chi connectivity index (χ2n) is 6.89. The first-order valence-electron chi connectivity index (χ1n) is 9.67. The van der Waals surface area contributed by atoms with Crippen LogP contribution in [-0.2, 0) is 0 Å². The molecule has 154 valence electrons. The SMILES string of the molecule is COc1cccc(-c2ccc(N3CCN(C(=O)Nc4ccccc4F)CC3)nn2)c1. The largest absolute Gasteiger partial charge is 0.497 e. The highest BCUT2D eigenvalue weighted by Gasteiger charge is 2.22. The van der Waals surface area contributed by atoms with Gasteiger partial charge in [0, 0.05) is 31.7 Å². The fourth-order valence-corrected chi connectivity index (χ4v) is 3.33. The van der Waals surface area contributed by atoms with Gasteiger partial charge in [0.25, 0.3) is 0 Å². The minimum absolute atomic E-state index is 0.184. The molecule has 0 atom stereocenters. The molecule has 1 saturated heterocycles. The maximum absolute atomic E-state index is 13.7. The van der Waals surface area contributed by atoms with E-state index in [1.54, 1.807) is 30.2 Å². The molecule has 2 heterocycles. The number of carbonyl (C=O) groups excluding carboxylic acids is 1. The Bertz CT molecular complexity index is 1020. The Labute approximate surface area is 174 Å². The summed E-state index contributed by atoms with van der Waals surface area (Å²) in [4.78, 5) is 16.2. The summed E-state index contributed by atoms with van der Waals surface area (Å²) in [5, 5.41) is 11.3. The fraction of sp³-hybridized carbons (Fsp3) is 0.227. The Morgan fingerprint density at radius 1 is 1.00 bits per heavy atom. The number of ether oxygens (including phenoxy) is 1. The lowest BCUT2D eigenvalue weighted by Gasteiger charge is -2.35. The van der Waals surface area contributed by atoms with Gasteiger partial charge in [-0.3, -0.25) is 0 Å². The first-order chi connectivity index (χ1) is 14.6. The molecular formula is C22H22FN5O2. The Balaban J connectivity index is 1.36. The molecule has 1 N–H and O–H groups in total. The van der Waals surface area contributed by atoms with E-state index in [-0.39, 0.29) is 11.7 Å². The maximum Gasteiger partial charge on any atom is 0.322 e. The van der Waals surface area contributed by atoms with E-state index >= 15 is 0 Å². The highest BCUT2D eigenvalue weighted by molar-refractivity contribution is 5.89. The van der Waals surface area contributed by atoms with Gasteiger partial charge in [0.1, 0.15) is 11.6 Å². The van der Waals surface area contributed by atoms with Crippen LogP contribution in [0.3, 0.4) is 0 Å². The van der Waals surface area contributed by atoms with Gasteiger partial charge in [-0.2, -0.15) is 0 Å². The number of carbonyl (C=O) groups is 1. The van der Waals surface area contributed by atoms with Crippen LogP contribution in [0.5, 0.6) is 5.75 Å². The number of rotatable bonds is 4. The first kappa shape index (κ1) is 19.6. The number of benzene rings is 2. The second kappa shape index (κ2) is 8.77. The highest BCUT2D eigenvalue weighted by Crippen LogP contribution is 2.23. The van der Waals surface area contributed by atoms with E-state index in [1.165, 1.54) is 6.07 Å². The number of amides is 2. The molecule has 7 nitrogen and oxygen atoms in total. The van der Waals surface area contributed by atoms with Crippen LogP contribution in [0.2, 0.25) is 0 Å². The lowest BCUT2D eigenvalue weighted by Crippen LogP contribution is -2.50. The third-order valence-electron chi connectivity index (χ3n) is 5.02. The minimum Gasteiger partial charge on any atom is -0.497 e. The van der Waals surface area contributed by atoms with Gasteiger partial charge < -0.3 is 19.9 Å². The van der Waals surface area contributed by atoms with E-state index in [1.807, 2.05) is 36.4 Å². The van der Waals surface area contributed by atoms with E-state index in [4.69, 9.17) is 4.74 Å². The number of hydrogen-bond donors (Lipinski definition) is 1. The summed E-state index contributed by atoms with van der Waals surface area (Å²) in [6.07, 6.45) is 0. The van der Waals surface area contributed by atoms with Crippen LogP contribution >= 0.6 is 0 Å². The smallest absolute Gasteiger partial charge is 0.322 e. The van der Waals surface area contributed by atoms with E-state index < -0.39 is 5.82 Å². The molecule has 0 radical (unpaired) electrons. The molecule has 0 bridgehead atoms. The van der Waals surface area contributed by atoms with Crippen molar-refractivity contribution in [2.24, 2.45) is 0 Å². The Kier molecular flexibility index (Phi) is 5.74. The monoisotopic (exact) mass is 407 g/mol. The summed E-state index contributed by atoms with van der Waals surface area (Å²) in [5.74, 6) is 1.08. The molecule has 1 aromatic heterocycles. The minimum atomic E-state index is -0.448. The molecule has 2 aromatic carbocycles. The van der Waals surface area contributed by atoms with Crippen molar-refractivity contribution in [2.75, 3.05) is 43.5 Å². The molecule has 0 aliphatic carbocycles. The first-order valence-corrected chi connectivity index (χ1v) is 9.67. The van der Waals surface area contributed by atoms with Crippen molar-refractivity contribution in [2.45, 2.75) is 0 Å². The predicted molar refractivity (Wildman–Crippen MR) is 113 cm³/mol. The van der Waals surface area contributed by atoms with Crippen molar-refractivity contribution in [1.29, 1.82) is 0 Å². The third kappa shape index (κ3) is 4.32. The topological polar surface area (TPSA) is 70.6 Å². The van der Waals surface area contributed by atoms with Gasteiger partial charge in [0.2, 0.25) is 0 Å². The zero-order chi connectivity index (χ0) is 20.9. The van der Waals surface area contributed by atoms with Crippen LogP contribution in [0.15, 0.2) is 60.7 Å². The molecule has 1 aliphatic heterocycles. The summed E-state index contributed by atoms with van der Waals surface area (Å²) in [6.45, 7) is 2.27. The van der Waals surface area contributed by atoms with Crippen LogP contribution < -0.4 is 15.0 Å². The van der Waals surface area contributed by atoms with Gasteiger partial charge in [-0.05, 0) is 36.4 Å². The van der Waals surface area contributed by atoms with Gasteiger partial charge >= 0.3 is 6.03 Å². The number of nitrogens with one attached hydrogen (secondary N) is 1. The molecule has 4 rings (SSSR count). The zero-order valence-corrected chi connectivity index (χ0v) is 16.6. The van der Waals surface area contributed by atoms with Crippen LogP contribution in [0.1, 0.15) is 0 Å². The van der Waals surface area contributed by atoms with Crippen LogP contribution in [-0.4, -0.2) is 54.4 Å². The van der Waals surface area contributed by atoms with Crippen molar-refractivity contribution >= 4 is 17.5 Å². The molecule has 3 aromatic rings. The number of urea groups is 1. The number of aromatic nitrogens is 2. The highest BCUT2D eigenvalue weighted by atomic mass is 19.1. The number of nitrogens with zero attached hydrogens (tertiary/aromatic N) is 4. The Hall–Kier alpha value is -3.68. The van der Waals surface area contributed by atoms with Gasteiger partial charge in [0.15, 0.2) is 5.82 Å². The molecule has 30 heavy (non-hydrogen) atoms. The average molecular weight is 407 g/mol. The molecule has 0 saturated carbocycles. The van der Waals surface area contributed by atoms with Crippen molar-refractivity contribution in [3.05, 3.63) is 66.5 Å².